The highest BCUT2D eigenvalue weighted by molar-refractivity contribution is 7.89. The van der Waals surface area contributed by atoms with E-state index in [0.29, 0.717) is 22.1 Å². The van der Waals surface area contributed by atoms with Gasteiger partial charge in [-0.2, -0.15) is 0 Å². The molecule has 0 bridgehead atoms. The van der Waals surface area contributed by atoms with Crippen molar-refractivity contribution in [2.24, 2.45) is 5.14 Å². The van der Waals surface area contributed by atoms with Gasteiger partial charge in [-0.15, -0.1) is 0 Å². The van der Waals surface area contributed by atoms with Crippen LogP contribution in [0.5, 0.6) is 0 Å². The molecule has 0 radical (unpaired) electrons. The number of nitrogens with two attached hydrogens (primary N) is 2. The molecule has 2 aromatic rings. The van der Waals surface area contributed by atoms with Crippen molar-refractivity contribution in [2.45, 2.75) is 4.90 Å². The number of para-hydroxylation sites is 1. The zero-order chi connectivity index (χ0) is 14.0. The Morgan fingerprint density at radius 1 is 1.05 bits per heavy atom. The summed E-state index contributed by atoms with van der Waals surface area (Å²) in [5.41, 5.74) is 6.79. The molecule has 2 aromatic carbocycles. The molecular formula is C12H12ClN3O2S. The van der Waals surface area contributed by atoms with E-state index in [1.54, 1.807) is 36.4 Å². The molecule has 0 aromatic heterocycles. The summed E-state index contributed by atoms with van der Waals surface area (Å²) in [5.74, 6) is 0. The average molecular weight is 298 g/mol. The minimum absolute atomic E-state index is 0.0765. The molecule has 0 amide bonds. The van der Waals surface area contributed by atoms with E-state index in [-0.39, 0.29) is 4.90 Å². The lowest BCUT2D eigenvalue weighted by Crippen LogP contribution is -2.14. The lowest BCUT2D eigenvalue weighted by atomic mass is 10.2. The summed E-state index contributed by atoms with van der Waals surface area (Å²) in [6, 6.07) is 11.4. The van der Waals surface area contributed by atoms with E-state index < -0.39 is 10.0 Å². The van der Waals surface area contributed by atoms with Gasteiger partial charge in [0.25, 0.3) is 0 Å². The van der Waals surface area contributed by atoms with Crippen molar-refractivity contribution in [3.05, 3.63) is 47.5 Å². The normalized spacial score (nSPS) is 11.3. The van der Waals surface area contributed by atoms with Crippen LogP contribution in [0.2, 0.25) is 5.02 Å². The molecule has 19 heavy (non-hydrogen) atoms. The van der Waals surface area contributed by atoms with E-state index in [0.717, 1.165) is 0 Å². The minimum atomic E-state index is -3.87. The Labute approximate surface area is 116 Å². The fraction of sp³-hybridized carbons (Fsp3) is 0. The van der Waals surface area contributed by atoms with Crippen molar-refractivity contribution in [1.29, 1.82) is 0 Å². The van der Waals surface area contributed by atoms with Crippen molar-refractivity contribution in [2.75, 3.05) is 11.1 Å². The SMILES string of the molecule is Nc1ccc(Nc2ccccc2Cl)c(S(N)(=O)=O)c1. The van der Waals surface area contributed by atoms with E-state index in [9.17, 15) is 8.42 Å². The predicted molar refractivity (Wildman–Crippen MR) is 77.0 cm³/mol. The van der Waals surface area contributed by atoms with Gasteiger partial charge < -0.3 is 11.1 Å². The third-order valence-corrected chi connectivity index (χ3v) is 3.74. The van der Waals surface area contributed by atoms with Crippen molar-refractivity contribution < 1.29 is 8.42 Å². The Morgan fingerprint density at radius 3 is 2.37 bits per heavy atom. The number of halogens is 1. The first-order valence-corrected chi connectivity index (χ1v) is 7.24. The number of nitrogens with one attached hydrogen (secondary N) is 1. The van der Waals surface area contributed by atoms with Gasteiger partial charge in [-0.05, 0) is 30.3 Å². The molecule has 0 atom stereocenters. The topological polar surface area (TPSA) is 98.2 Å². The maximum Gasteiger partial charge on any atom is 0.240 e. The van der Waals surface area contributed by atoms with Gasteiger partial charge in [0, 0.05) is 5.69 Å². The number of anilines is 3. The van der Waals surface area contributed by atoms with Gasteiger partial charge in [0.2, 0.25) is 10.0 Å². The summed E-state index contributed by atoms with van der Waals surface area (Å²) in [4.78, 5) is -0.0765. The van der Waals surface area contributed by atoms with Gasteiger partial charge in [-0.25, -0.2) is 13.6 Å². The first-order chi connectivity index (χ1) is 8.88. The van der Waals surface area contributed by atoms with E-state index in [1.807, 2.05) is 0 Å². The highest BCUT2D eigenvalue weighted by atomic mass is 35.5. The van der Waals surface area contributed by atoms with Gasteiger partial charge in [0.1, 0.15) is 4.90 Å². The summed E-state index contributed by atoms with van der Waals surface area (Å²) >= 11 is 6.00. The molecule has 0 aliphatic carbocycles. The zero-order valence-electron chi connectivity index (χ0n) is 9.80. The molecular weight excluding hydrogens is 286 g/mol. The van der Waals surface area contributed by atoms with Gasteiger partial charge in [-0.1, -0.05) is 23.7 Å². The van der Waals surface area contributed by atoms with Gasteiger partial charge in [-0.3, -0.25) is 0 Å². The van der Waals surface area contributed by atoms with Crippen LogP contribution >= 0.6 is 11.6 Å². The van der Waals surface area contributed by atoms with Crippen LogP contribution in [-0.2, 0) is 10.0 Å². The number of hydrogen-bond donors (Lipinski definition) is 3. The Bertz CT molecular complexity index is 717. The molecule has 0 saturated heterocycles. The second-order valence-electron chi connectivity index (χ2n) is 3.91. The highest BCUT2D eigenvalue weighted by Crippen LogP contribution is 2.29. The number of benzene rings is 2. The summed E-state index contributed by atoms with van der Waals surface area (Å²) in [6.07, 6.45) is 0. The van der Waals surface area contributed by atoms with Gasteiger partial charge >= 0.3 is 0 Å². The third kappa shape index (κ3) is 3.17. The molecule has 0 aliphatic rings. The fourth-order valence-corrected chi connectivity index (χ4v) is 2.49. The van der Waals surface area contributed by atoms with E-state index in [4.69, 9.17) is 22.5 Å². The van der Waals surface area contributed by atoms with Crippen LogP contribution in [0.1, 0.15) is 0 Å². The van der Waals surface area contributed by atoms with Crippen LogP contribution in [0.15, 0.2) is 47.4 Å². The summed E-state index contributed by atoms with van der Waals surface area (Å²) in [5, 5.41) is 8.56. The van der Waals surface area contributed by atoms with E-state index in [1.165, 1.54) is 6.07 Å². The van der Waals surface area contributed by atoms with E-state index >= 15 is 0 Å². The molecule has 0 unspecified atom stereocenters. The van der Waals surface area contributed by atoms with Crippen LogP contribution in [-0.4, -0.2) is 8.42 Å². The summed E-state index contributed by atoms with van der Waals surface area (Å²) < 4.78 is 23.1. The molecule has 5 nitrogen and oxygen atoms in total. The van der Waals surface area contributed by atoms with Crippen molar-refractivity contribution >= 4 is 38.7 Å². The van der Waals surface area contributed by atoms with Crippen molar-refractivity contribution in [3.63, 3.8) is 0 Å². The molecule has 5 N–H and O–H groups in total. The monoisotopic (exact) mass is 297 g/mol. The average Bonchev–Trinajstić information content (AvgIpc) is 2.33. The molecule has 100 valence electrons. The molecule has 0 fully saturated rings. The number of rotatable bonds is 3. The first kappa shape index (κ1) is 13.7. The van der Waals surface area contributed by atoms with Crippen LogP contribution in [0.3, 0.4) is 0 Å². The maximum absolute atomic E-state index is 11.5. The molecule has 0 aliphatic heterocycles. The van der Waals surface area contributed by atoms with Crippen LogP contribution in [0.25, 0.3) is 0 Å². The Morgan fingerprint density at radius 2 is 1.74 bits per heavy atom. The van der Waals surface area contributed by atoms with Crippen LogP contribution in [0, 0.1) is 0 Å². The second-order valence-corrected chi connectivity index (χ2v) is 5.84. The zero-order valence-corrected chi connectivity index (χ0v) is 11.4. The maximum atomic E-state index is 11.5. The largest absolute Gasteiger partial charge is 0.399 e. The Balaban J connectivity index is 2.50. The number of primary sulfonamides is 1. The lowest BCUT2D eigenvalue weighted by Gasteiger charge is -2.12. The quantitative estimate of drug-likeness (QED) is 0.757. The predicted octanol–water partition coefficient (Wildman–Crippen LogP) is 2.31. The lowest BCUT2D eigenvalue weighted by molar-refractivity contribution is 0.598. The third-order valence-electron chi connectivity index (χ3n) is 2.46. The number of nitrogen functional groups attached to an aromatic ring is 1. The number of sulfonamides is 1. The van der Waals surface area contributed by atoms with Crippen molar-refractivity contribution in [1.82, 2.24) is 0 Å². The van der Waals surface area contributed by atoms with Crippen LogP contribution < -0.4 is 16.2 Å². The Hall–Kier alpha value is -1.76. The van der Waals surface area contributed by atoms with E-state index in [2.05, 4.69) is 5.32 Å². The van der Waals surface area contributed by atoms with Crippen LogP contribution in [0.4, 0.5) is 17.1 Å². The minimum Gasteiger partial charge on any atom is -0.399 e. The Kier molecular flexibility index (Phi) is 3.66. The molecule has 0 saturated carbocycles. The summed E-state index contributed by atoms with van der Waals surface area (Å²) in [6.45, 7) is 0. The van der Waals surface area contributed by atoms with Crippen molar-refractivity contribution in [3.8, 4) is 0 Å². The standard InChI is InChI=1S/C12H12ClN3O2S/c13-9-3-1-2-4-10(9)16-11-6-5-8(14)7-12(11)19(15,17)18/h1-7,16H,14H2,(H2,15,17,18). The fourth-order valence-electron chi connectivity index (χ4n) is 1.59. The second kappa shape index (κ2) is 5.08. The molecule has 0 spiro atoms. The summed E-state index contributed by atoms with van der Waals surface area (Å²) in [7, 11) is -3.87. The molecule has 2 rings (SSSR count). The molecule has 7 heteroatoms. The first-order valence-electron chi connectivity index (χ1n) is 5.32. The van der Waals surface area contributed by atoms with Gasteiger partial charge in [0.15, 0.2) is 0 Å². The highest BCUT2D eigenvalue weighted by Gasteiger charge is 2.15. The van der Waals surface area contributed by atoms with Gasteiger partial charge in [0.05, 0.1) is 16.4 Å². The smallest absolute Gasteiger partial charge is 0.240 e. The number of hydrogen-bond acceptors (Lipinski definition) is 4. The molecule has 0 heterocycles.